The molecule has 0 aliphatic rings. The van der Waals surface area contributed by atoms with E-state index in [4.69, 9.17) is 0 Å². The number of alkyl halides is 2. The molecule has 0 bridgehead atoms. The van der Waals surface area contributed by atoms with Crippen LogP contribution in [0.5, 0.6) is 0 Å². The molecule has 0 radical (unpaired) electrons. The Kier molecular flexibility index (Phi) is 4.78. The molecule has 130 valence electrons. The zero-order chi connectivity index (χ0) is 18.1. The molecule has 2 N–H and O–H groups in total. The molecule has 0 unspecified atom stereocenters. The number of nitrogens with one attached hydrogen (secondary N) is 2. The van der Waals surface area contributed by atoms with Crippen molar-refractivity contribution in [2.75, 3.05) is 4.72 Å². The van der Waals surface area contributed by atoms with Crippen molar-refractivity contribution in [3.8, 4) is 0 Å². The number of nitrogens with zero attached hydrogens (tertiary/aromatic N) is 2. The highest BCUT2D eigenvalue weighted by molar-refractivity contribution is 7.91. The molecule has 0 aliphatic heterocycles. The number of aryl methyl sites for hydroxylation is 1. The van der Waals surface area contributed by atoms with Crippen LogP contribution in [0.1, 0.15) is 22.5 Å². The van der Waals surface area contributed by atoms with Gasteiger partial charge in [0.15, 0.2) is 11.6 Å². The molecular weight excluding hydrogens is 356 g/mol. The van der Waals surface area contributed by atoms with E-state index in [1.165, 1.54) is 11.8 Å². The molecule has 7 nitrogen and oxygen atoms in total. The normalized spacial score (nSPS) is 11.6. The Balaban J connectivity index is 2.19. The van der Waals surface area contributed by atoms with Crippen molar-refractivity contribution in [3.05, 3.63) is 47.3 Å². The number of aromatic nitrogens is 2. The molecule has 0 atom stereocenters. The monoisotopic (exact) mass is 366 g/mol. The fraction of sp³-hybridized carbons (Fsp3) is 0.167. The first-order chi connectivity index (χ1) is 11.1. The van der Waals surface area contributed by atoms with E-state index in [0.29, 0.717) is 12.1 Å². The summed E-state index contributed by atoms with van der Waals surface area (Å²) in [6.45, 7) is 0. The van der Waals surface area contributed by atoms with Crippen LogP contribution in [0.4, 0.5) is 23.2 Å². The van der Waals surface area contributed by atoms with E-state index >= 15 is 0 Å². The van der Waals surface area contributed by atoms with Gasteiger partial charge < -0.3 is 0 Å². The van der Waals surface area contributed by atoms with Crippen molar-refractivity contribution in [3.63, 3.8) is 0 Å². The summed E-state index contributed by atoms with van der Waals surface area (Å²) in [7, 11) is -3.29. The highest BCUT2D eigenvalue weighted by Crippen LogP contribution is 2.21. The topological polar surface area (TPSA) is 93.1 Å². The summed E-state index contributed by atoms with van der Waals surface area (Å²) >= 11 is 0. The van der Waals surface area contributed by atoms with Crippen molar-refractivity contribution < 1.29 is 30.8 Å². The summed E-state index contributed by atoms with van der Waals surface area (Å²) in [5.41, 5.74) is -1.89. The lowest BCUT2D eigenvalue weighted by atomic mass is 10.2. The average molecular weight is 366 g/mol. The van der Waals surface area contributed by atoms with Crippen LogP contribution in [0.2, 0.25) is 0 Å². The van der Waals surface area contributed by atoms with E-state index < -0.39 is 45.4 Å². The lowest BCUT2D eigenvalue weighted by Crippen LogP contribution is -2.35. The Hall–Kier alpha value is -2.63. The average Bonchev–Trinajstić information content (AvgIpc) is 2.84. The van der Waals surface area contributed by atoms with Gasteiger partial charge in [0.1, 0.15) is 5.69 Å². The number of halogens is 4. The van der Waals surface area contributed by atoms with Crippen molar-refractivity contribution in [2.24, 2.45) is 7.05 Å². The molecule has 1 amide bonds. The number of anilines is 1. The Morgan fingerprint density at radius 3 is 2.50 bits per heavy atom. The minimum Gasteiger partial charge on any atom is -0.275 e. The highest BCUT2D eigenvalue weighted by Gasteiger charge is 2.25. The number of amides is 1. The smallest absolute Gasteiger partial charge is 0.275 e. The third-order valence-electron chi connectivity index (χ3n) is 2.71. The minimum absolute atomic E-state index is 0.366. The molecule has 2 aromatic rings. The molecule has 0 fully saturated rings. The third-order valence-corrected chi connectivity index (χ3v) is 3.67. The van der Waals surface area contributed by atoms with Gasteiger partial charge in [-0.1, -0.05) is 0 Å². The number of carbonyl (C=O) groups excluding carboxylic acids is 1. The van der Waals surface area contributed by atoms with Gasteiger partial charge in [-0.15, -0.1) is 0 Å². The van der Waals surface area contributed by atoms with Crippen LogP contribution in [0.15, 0.2) is 24.4 Å². The van der Waals surface area contributed by atoms with Crippen LogP contribution < -0.4 is 9.44 Å². The van der Waals surface area contributed by atoms with Gasteiger partial charge in [0.05, 0.1) is 11.3 Å². The first-order valence-corrected chi connectivity index (χ1v) is 7.69. The maximum atomic E-state index is 13.0. The van der Waals surface area contributed by atoms with Gasteiger partial charge in [-0.2, -0.15) is 13.5 Å². The van der Waals surface area contributed by atoms with Crippen LogP contribution in [0.3, 0.4) is 0 Å². The number of hydrogen-bond donors (Lipinski definition) is 2. The second-order valence-corrected chi connectivity index (χ2v) is 5.98. The lowest BCUT2D eigenvalue weighted by Gasteiger charge is -2.09. The van der Waals surface area contributed by atoms with Crippen LogP contribution in [-0.2, 0) is 17.3 Å². The zero-order valence-corrected chi connectivity index (χ0v) is 12.7. The first-order valence-electron chi connectivity index (χ1n) is 6.20. The molecule has 24 heavy (non-hydrogen) atoms. The summed E-state index contributed by atoms with van der Waals surface area (Å²) in [6.07, 6.45) is -2.17. The summed E-state index contributed by atoms with van der Waals surface area (Å²) in [5.74, 6) is -3.86. The Bertz CT molecular complexity index is 882. The van der Waals surface area contributed by atoms with E-state index in [-0.39, 0.29) is 5.69 Å². The predicted molar refractivity (Wildman–Crippen MR) is 74.5 cm³/mol. The SMILES string of the molecule is Cn1cc(C(=O)NS(=O)(=O)Nc2ccc(F)c(F)c2)c(C(F)F)n1. The van der Waals surface area contributed by atoms with Gasteiger partial charge in [-0.3, -0.25) is 14.2 Å². The van der Waals surface area contributed by atoms with Crippen molar-refractivity contribution in [1.29, 1.82) is 0 Å². The fourth-order valence-electron chi connectivity index (χ4n) is 1.76. The van der Waals surface area contributed by atoms with E-state index in [0.717, 1.165) is 16.9 Å². The highest BCUT2D eigenvalue weighted by atomic mass is 32.2. The number of carbonyl (C=O) groups is 1. The van der Waals surface area contributed by atoms with Gasteiger partial charge in [-0.05, 0) is 12.1 Å². The standard InChI is InChI=1S/C12H10F4N4O3S/c1-20-5-7(10(17-20)11(15)16)12(21)19-24(22,23)18-6-2-3-8(13)9(14)4-6/h2-5,11,18H,1H3,(H,19,21). The quantitative estimate of drug-likeness (QED) is 0.788. The molecule has 1 heterocycles. The lowest BCUT2D eigenvalue weighted by molar-refractivity contribution is 0.0966. The fourth-order valence-corrected chi connectivity index (χ4v) is 2.60. The zero-order valence-electron chi connectivity index (χ0n) is 11.9. The second kappa shape index (κ2) is 6.47. The number of benzene rings is 1. The van der Waals surface area contributed by atoms with Crippen LogP contribution in [0, 0.1) is 11.6 Å². The third kappa shape index (κ3) is 4.01. The van der Waals surface area contributed by atoms with Crippen molar-refractivity contribution in [1.82, 2.24) is 14.5 Å². The largest absolute Gasteiger partial charge is 0.323 e. The molecule has 1 aromatic heterocycles. The number of hydrogen-bond acceptors (Lipinski definition) is 4. The van der Waals surface area contributed by atoms with Crippen molar-refractivity contribution >= 4 is 21.8 Å². The maximum Gasteiger partial charge on any atom is 0.323 e. The Morgan fingerprint density at radius 1 is 1.25 bits per heavy atom. The molecule has 0 spiro atoms. The molecular formula is C12H10F4N4O3S. The maximum absolute atomic E-state index is 13.0. The van der Waals surface area contributed by atoms with Gasteiger partial charge in [0.2, 0.25) is 0 Å². The van der Waals surface area contributed by atoms with Crippen LogP contribution in [0.25, 0.3) is 0 Å². The predicted octanol–water partition coefficient (Wildman–Crippen LogP) is 1.72. The first kappa shape index (κ1) is 17.7. The summed E-state index contributed by atoms with van der Waals surface area (Å²) in [4.78, 5) is 11.9. The van der Waals surface area contributed by atoms with Crippen LogP contribution >= 0.6 is 0 Å². The van der Waals surface area contributed by atoms with Crippen LogP contribution in [-0.4, -0.2) is 24.1 Å². The van der Waals surface area contributed by atoms with E-state index in [1.54, 1.807) is 4.72 Å². The minimum atomic E-state index is -4.57. The Labute approximate surface area is 133 Å². The molecule has 0 saturated heterocycles. The van der Waals surface area contributed by atoms with Gasteiger partial charge in [-0.25, -0.2) is 22.3 Å². The summed E-state index contributed by atoms with van der Waals surface area (Å²) in [6, 6.07) is 2.13. The van der Waals surface area contributed by atoms with Gasteiger partial charge in [0, 0.05) is 19.3 Å². The summed E-state index contributed by atoms with van der Waals surface area (Å²) in [5, 5.41) is 3.37. The van der Waals surface area contributed by atoms with Gasteiger partial charge >= 0.3 is 10.2 Å². The molecule has 2 rings (SSSR count). The molecule has 0 saturated carbocycles. The van der Waals surface area contributed by atoms with E-state index in [1.807, 2.05) is 0 Å². The van der Waals surface area contributed by atoms with Gasteiger partial charge in [0.25, 0.3) is 12.3 Å². The Morgan fingerprint density at radius 2 is 1.92 bits per heavy atom. The molecule has 1 aromatic carbocycles. The van der Waals surface area contributed by atoms with E-state index in [2.05, 4.69) is 5.10 Å². The summed E-state index contributed by atoms with van der Waals surface area (Å²) < 4.78 is 79.1. The molecule has 0 aliphatic carbocycles. The second-order valence-electron chi connectivity index (χ2n) is 4.57. The van der Waals surface area contributed by atoms with E-state index in [9.17, 15) is 30.8 Å². The van der Waals surface area contributed by atoms with Crippen molar-refractivity contribution in [2.45, 2.75) is 6.43 Å². The molecule has 12 heteroatoms. The number of rotatable bonds is 5.